The van der Waals surface area contributed by atoms with Gasteiger partial charge in [0.05, 0.1) is 13.7 Å². The predicted octanol–water partition coefficient (Wildman–Crippen LogP) is 4.88. The largest absolute Gasteiger partial charge is 0.494 e. The van der Waals surface area contributed by atoms with Crippen molar-refractivity contribution in [1.82, 2.24) is 15.3 Å². The Morgan fingerprint density at radius 2 is 1.91 bits per heavy atom. The Balaban J connectivity index is 1.69. The average molecular weight is 473 g/mol. The first-order chi connectivity index (χ1) is 15.9. The van der Waals surface area contributed by atoms with Crippen LogP contribution in [-0.4, -0.2) is 23.0 Å². The number of benzene rings is 2. The first-order valence-electron chi connectivity index (χ1n) is 9.89. The van der Waals surface area contributed by atoms with E-state index in [1.165, 1.54) is 19.2 Å². The van der Waals surface area contributed by atoms with E-state index < -0.39 is 12.3 Å². The Bertz CT molecular complexity index is 1310. The van der Waals surface area contributed by atoms with Gasteiger partial charge in [-0.1, -0.05) is 23.7 Å². The van der Waals surface area contributed by atoms with Crippen LogP contribution in [0.1, 0.15) is 33.9 Å². The molecule has 2 heterocycles. The van der Waals surface area contributed by atoms with Gasteiger partial charge in [0.1, 0.15) is 17.0 Å². The van der Waals surface area contributed by atoms with Gasteiger partial charge in [-0.3, -0.25) is 4.79 Å². The van der Waals surface area contributed by atoms with Crippen LogP contribution in [0.3, 0.4) is 0 Å². The van der Waals surface area contributed by atoms with Crippen molar-refractivity contribution in [2.45, 2.75) is 19.5 Å². The third-order valence-electron chi connectivity index (χ3n) is 4.98. The molecule has 0 fully saturated rings. The van der Waals surface area contributed by atoms with Crippen LogP contribution in [0.25, 0.3) is 22.4 Å². The lowest BCUT2D eigenvalue weighted by Gasteiger charge is -2.09. The molecule has 0 saturated carbocycles. The molecule has 2 aromatic heterocycles. The summed E-state index contributed by atoms with van der Waals surface area (Å²) in [5.41, 5.74) is 6.98. The van der Waals surface area contributed by atoms with Gasteiger partial charge in [-0.15, -0.1) is 0 Å². The quantitative estimate of drug-likeness (QED) is 0.397. The highest BCUT2D eigenvalue weighted by Gasteiger charge is 2.22. The second-order valence-corrected chi connectivity index (χ2v) is 7.49. The number of ether oxygens (including phenoxy) is 1. The standard InChI is InChI=1S/C23H19ClF2N4O3/c1-32-17-9-7-15(14-6-8-16(21(25)26)29-19(14)17)23-30-20(18(10-27)33-23)22(31)28-11-12-2-4-13(24)5-3-12/h2-9,21H,10-11,27H2,1H3,(H,28,31). The Labute approximate surface area is 192 Å². The molecule has 0 spiro atoms. The highest BCUT2D eigenvalue weighted by Crippen LogP contribution is 2.35. The second kappa shape index (κ2) is 9.51. The van der Waals surface area contributed by atoms with Gasteiger partial charge in [0.25, 0.3) is 12.3 Å². The van der Waals surface area contributed by atoms with Crippen LogP contribution < -0.4 is 15.8 Å². The van der Waals surface area contributed by atoms with Crippen molar-refractivity contribution in [3.8, 4) is 17.2 Å². The number of hydrogen-bond acceptors (Lipinski definition) is 6. The Hall–Kier alpha value is -3.56. The highest BCUT2D eigenvalue weighted by atomic mass is 35.5. The van der Waals surface area contributed by atoms with Crippen LogP contribution in [0, 0.1) is 0 Å². The second-order valence-electron chi connectivity index (χ2n) is 7.05. The van der Waals surface area contributed by atoms with Crippen LogP contribution in [0.5, 0.6) is 5.75 Å². The zero-order chi connectivity index (χ0) is 23.5. The molecule has 2 aromatic carbocycles. The summed E-state index contributed by atoms with van der Waals surface area (Å²) in [4.78, 5) is 21.1. The molecule has 0 saturated heterocycles. The van der Waals surface area contributed by atoms with Crippen molar-refractivity contribution in [1.29, 1.82) is 0 Å². The molecule has 0 aliphatic carbocycles. The van der Waals surface area contributed by atoms with Gasteiger partial charge >= 0.3 is 0 Å². The van der Waals surface area contributed by atoms with E-state index >= 15 is 0 Å². The molecule has 4 rings (SSSR count). The fraction of sp³-hybridized carbons (Fsp3) is 0.174. The number of methoxy groups -OCH3 is 1. The highest BCUT2D eigenvalue weighted by molar-refractivity contribution is 6.30. The Kier molecular flexibility index (Phi) is 6.52. The van der Waals surface area contributed by atoms with E-state index in [0.29, 0.717) is 21.7 Å². The number of nitrogens with two attached hydrogens (primary N) is 1. The maximum Gasteiger partial charge on any atom is 0.280 e. The number of oxazole rings is 1. The van der Waals surface area contributed by atoms with Gasteiger partial charge in [0.15, 0.2) is 11.5 Å². The first kappa shape index (κ1) is 22.6. The molecule has 0 bridgehead atoms. The molecule has 0 aliphatic rings. The molecular formula is C23H19ClF2N4O3. The fourth-order valence-electron chi connectivity index (χ4n) is 3.33. The smallest absolute Gasteiger partial charge is 0.280 e. The molecule has 1 amide bonds. The SMILES string of the molecule is COc1ccc(-c2nc(C(=O)NCc3ccc(Cl)cc3)c(CN)o2)c2ccc(C(F)F)nc12. The minimum absolute atomic E-state index is 0.0441. The zero-order valence-corrected chi connectivity index (χ0v) is 18.2. The lowest BCUT2D eigenvalue weighted by molar-refractivity contribution is 0.0944. The topological polar surface area (TPSA) is 103 Å². The van der Waals surface area contributed by atoms with Crippen LogP contribution in [-0.2, 0) is 13.1 Å². The van der Waals surface area contributed by atoms with E-state index in [4.69, 9.17) is 26.5 Å². The number of pyridine rings is 1. The van der Waals surface area contributed by atoms with E-state index in [1.54, 1.807) is 36.4 Å². The van der Waals surface area contributed by atoms with Crippen molar-refractivity contribution in [3.05, 3.63) is 76.3 Å². The van der Waals surface area contributed by atoms with Gasteiger partial charge in [-0.2, -0.15) is 0 Å². The first-order valence-corrected chi connectivity index (χ1v) is 10.3. The number of nitrogens with one attached hydrogen (secondary N) is 1. The van der Waals surface area contributed by atoms with Crippen LogP contribution in [0.4, 0.5) is 8.78 Å². The summed E-state index contributed by atoms with van der Waals surface area (Å²) >= 11 is 5.88. The summed E-state index contributed by atoms with van der Waals surface area (Å²) in [5, 5.41) is 3.85. The molecule has 0 aliphatic heterocycles. The van der Waals surface area contributed by atoms with Crippen molar-refractivity contribution >= 4 is 28.4 Å². The van der Waals surface area contributed by atoms with Crippen molar-refractivity contribution in [3.63, 3.8) is 0 Å². The van der Waals surface area contributed by atoms with Gasteiger partial charge < -0.3 is 20.2 Å². The van der Waals surface area contributed by atoms with Crippen molar-refractivity contribution < 1.29 is 22.7 Å². The van der Waals surface area contributed by atoms with Crippen molar-refractivity contribution in [2.75, 3.05) is 7.11 Å². The Morgan fingerprint density at radius 3 is 2.58 bits per heavy atom. The molecule has 7 nitrogen and oxygen atoms in total. The summed E-state index contributed by atoms with van der Waals surface area (Å²) in [7, 11) is 1.42. The van der Waals surface area contributed by atoms with E-state index in [2.05, 4.69) is 15.3 Å². The van der Waals surface area contributed by atoms with Crippen LogP contribution in [0.15, 0.2) is 52.9 Å². The number of hydrogen-bond donors (Lipinski definition) is 2. The monoisotopic (exact) mass is 472 g/mol. The number of aromatic nitrogens is 2. The van der Waals surface area contributed by atoms with E-state index in [9.17, 15) is 13.6 Å². The molecule has 4 aromatic rings. The Morgan fingerprint density at radius 1 is 1.15 bits per heavy atom. The summed E-state index contributed by atoms with van der Waals surface area (Å²) in [6.07, 6.45) is -2.73. The summed E-state index contributed by atoms with van der Waals surface area (Å²) in [5.74, 6) is 0.171. The van der Waals surface area contributed by atoms with Gasteiger partial charge in [0.2, 0.25) is 5.89 Å². The van der Waals surface area contributed by atoms with Gasteiger partial charge in [-0.05, 0) is 42.0 Å². The number of fused-ring (bicyclic) bond motifs is 1. The number of rotatable bonds is 7. The van der Waals surface area contributed by atoms with Gasteiger partial charge in [0, 0.05) is 22.5 Å². The summed E-state index contributed by atoms with van der Waals surface area (Å²) in [6, 6.07) is 13.0. The van der Waals surface area contributed by atoms with E-state index in [1.807, 2.05) is 0 Å². The molecular weight excluding hydrogens is 454 g/mol. The van der Waals surface area contributed by atoms with E-state index in [0.717, 1.165) is 5.56 Å². The third-order valence-corrected chi connectivity index (χ3v) is 5.23. The van der Waals surface area contributed by atoms with Crippen molar-refractivity contribution in [2.24, 2.45) is 5.73 Å². The molecule has 33 heavy (non-hydrogen) atoms. The molecule has 0 radical (unpaired) electrons. The minimum atomic E-state index is -2.73. The van der Waals surface area contributed by atoms with E-state index in [-0.39, 0.29) is 41.6 Å². The maximum absolute atomic E-state index is 13.2. The fourth-order valence-corrected chi connectivity index (χ4v) is 3.46. The number of carbonyl (C=O) groups excluding carboxylic acids is 1. The minimum Gasteiger partial charge on any atom is -0.494 e. The normalized spacial score (nSPS) is 11.2. The number of amides is 1. The molecule has 3 N–H and O–H groups in total. The number of carbonyl (C=O) groups is 1. The third kappa shape index (κ3) is 4.64. The molecule has 0 atom stereocenters. The predicted molar refractivity (Wildman–Crippen MR) is 119 cm³/mol. The number of halogens is 3. The zero-order valence-electron chi connectivity index (χ0n) is 17.4. The maximum atomic E-state index is 13.2. The molecule has 10 heteroatoms. The van der Waals surface area contributed by atoms with Crippen LogP contribution in [0.2, 0.25) is 5.02 Å². The lowest BCUT2D eigenvalue weighted by Crippen LogP contribution is -2.24. The lowest BCUT2D eigenvalue weighted by atomic mass is 10.1. The number of nitrogens with zero attached hydrogens (tertiary/aromatic N) is 2. The van der Waals surface area contributed by atoms with Gasteiger partial charge in [-0.25, -0.2) is 18.7 Å². The summed E-state index contributed by atoms with van der Waals surface area (Å²) < 4.78 is 37.4. The molecule has 170 valence electrons. The molecule has 0 unspecified atom stereocenters. The van der Waals surface area contributed by atoms with Crippen LogP contribution >= 0.6 is 11.6 Å². The summed E-state index contributed by atoms with van der Waals surface area (Å²) in [6.45, 7) is 0.201. The number of alkyl halides is 2. The average Bonchev–Trinajstić information content (AvgIpc) is 3.26.